The number of anilines is 1. The van der Waals surface area contributed by atoms with Crippen LogP contribution in [0.1, 0.15) is 12.6 Å². The minimum atomic E-state index is -1.73. The first-order chi connectivity index (χ1) is 9.02. The van der Waals surface area contributed by atoms with E-state index in [0.29, 0.717) is 0 Å². The molecule has 0 aliphatic carbocycles. The molecule has 0 spiro atoms. The third-order valence-electron chi connectivity index (χ3n) is 2.89. The zero-order chi connectivity index (χ0) is 14.0. The first-order valence-electron chi connectivity index (χ1n) is 5.42. The summed E-state index contributed by atoms with van der Waals surface area (Å²) in [5, 5.41) is 22.5. The van der Waals surface area contributed by atoms with E-state index >= 15 is 0 Å². The van der Waals surface area contributed by atoms with Crippen LogP contribution in [0.2, 0.25) is 0 Å². The van der Waals surface area contributed by atoms with Gasteiger partial charge >= 0.3 is 5.69 Å². The topological polar surface area (TPSA) is 161 Å². The van der Waals surface area contributed by atoms with Crippen molar-refractivity contribution in [3.05, 3.63) is 22.7 Å². The molecule has 0 saturated carbocycles. The Morgan fingerprint density at radius 1 is 1.79 bits per heavy atom. The van der Waals surface area contributed by atoms with Crippen LogP contribution in [0.15, 0.2) is 22.2 Å². The second-order valence-corrected chi connectivity index (χ2v) is 4.07. The molecule has 0 bridgehead atoms. The van der Waals surface area contributed by atoms with Crippen LogP contribution in [0, 0.1) is 5.53 Å². The summed E-state index contributed by atoms with van der Waals surface area (Å²) in [5.41, 5.74) is 9.68. The van der Waals surface area contributed by atoms with E-state index in [1.165, 1.54) is 12.3 Å². The molecule has 10 heteroatoms. The maximum absolute atomic E-state index is 11.6. The Labute approximate surface area is 106 Å². The van der Waals surface area contributed by atoms with Crippen molar-refractivity contribution in [1.82, 2.24) is 14.5 Å². The van der Waals surface area contributed by atoms with Crippen molar-refractivity contribution in [2.45, 2.75) is 24.5 Å². The molecule has 10 nitrogen and oxygen atoms in total. The van der Waals surface area contributed by atoms with Gasteiger partial charge in [-0.05, 0) is 6.07 Å². The average Bonchev–Trinajstić information content (AvgIpc) is 2.67. The summed E-state index contributed by atoms with van der Waals surface area (Å²) in [5.74, 6) is 0.0686. The predicted octanol–water partition coefficient (Wildman–Crippen LogP) is -1.66. The summed E-state index contributed by atoms with van der Waals surface area (Å²) in [6.45, 7) is -0.663. The van der Waals surface area contributed by atoms with E-state index < -0.39 is 30.4 Å². The van der Waals surface area contributed by atoms with Crippen LogP contribution in [0.5, 0.6) is 0 Å². The molecule has 3 atom stereocenters. The highest BCUT2D eigenvalue weighted by atomic mass is 16.6. The molecule has 0 unspecified atom stereocenters. The molecule has 1 aromatic rings. The Morgan fingerprint density at radius 3 is 3.11 bits per heavy atom. The number of rotatable bonds is 3. The fourth-order valence-electron chi connectivity index (χ4n) is 1.90. The van der Waals surface area contributed by atoms with Crippen LogP contribution in [0.25, 0.3) is 0 Å². The van der Waals surface area contributed by atoms with Gasteiger partial charge in [0, 0.05) is 12.6 Å². The van der Waals surface area contributed by atoms with Crippen LogP contribution in [0.4, 0.5) is 5.82 Å². The molecule has 102 valence electrons. The lowest BCUT2D eigenvalue weighted by atomic mass is 10.1. The Hall–Kier alpha value is -2.13. The highest BCUT2D eigenvalue weighted by molar-refractivity contribution is 5.23. The standard InChI is InChI=1S/C9H12N6O4/c10-6-1-2-15(8(18)12-6)7-3-5(17)9(4-16,19-7)13-14-11/h1-2,5,7,11,16-17H,3-4H2,(H-,10,12,18)/p+1/t5-,7+,9+/m0/s1. The maximum atomic E-state index is 11.6. The number of hydrogen-bond acceptors (Lipinski definition) is 8. The van der Waals surface area contributed by atoms with Crippen molar-refractivity contribution in [3.63, 3.8) is 0 Å². The van der Waals surface area contributed by atoms with Crippen LogP contribution < -0.4 is 16.3 Å². The summed E-state index contributed by atoms with van der Waals surface area (Å²) in [6.07, 6.45) is -0.687. The molecule has 1 aliphatic heterocycles. The number of aliphatic hydroxyl groups is 2. The maximum Gasteiger partial charge on any atom is 0.351 e. The number of nitrogens with zero attached hydrogens (tertiary/aromatic N) is 4. The smallest absolute Gasteiger partial charge is 0.351 e. The van der Waals surface area contributed by atoms with Crippen molar-refractivity contribution in [2.24, 2.45) is 5.11 Å². The summed E-state index contributed by atoms with van der Waals surface area (Å²) in [6, 6.07) is 1.40. The van der Waals surface area contributed by atoms with Gasteiger partial charge < -0.3 is 20.7 Å². The number of ether oxygens (including phenoxy) is 1. The quantitative estimate of drug-likeness (QED) is 0.379. The number of aromatic nitrogens is 2. The van der Waals surface area contributed by atoms with Crippen molar-refractivity contribution in [1.29, 1.82) is 5.53 Å². The van der Waals surface area contributed by atoms with E-state index in [4.69, 9.17) is 16.0 Å². The average molecular weight is 269 g/mol. The van der Waals surface area contributed by atoms with Crippen LogP contribution >= 0.6 is 0 Å². The summed E-state index contributed by atoms with van der Waals surface area (Å²) in [7, 11) is 0. The molecular weight excluding hydrogens is 256 g/mol. The number of nitrogens with two attached hydrogens (primary N) is 1. The molecule has 5 N–H and O–H groups in total. The van der Waals surface area contributed by atoms with E-state index in [2.05, 4.69) is 15.0 Å². The van der Waals surface area contributed by atoms with Crippen LogP contribution in [-0.4, -0.2) is 38.2 Å². The monoisotopic (exact) mass is 269 g/mol. The fourth-order valence-corrected chi connectivity index (χ4v) is 1.90. The molecule has 1 saturated heterocycles. The second kappa shape index (κ2) is 4.86. The van der Waals surface area contributed by atoms with Gasteiger partial charge in [0.2, 0.25) is 4.91 Å². The van der Waals surface area contributed by atoms with Gasteiger partial charge in [0.25, 0.3) is 5.72 Å². The molecule has 0 amide bonds. The first kappa shape index (κ1) is 13.3. The molecule has 0 aromatic carbocycles. The molecule has 1 fully saturated rings. The Morgan fingerprint density at radius 2 is 2.53 bits per heavy atom. The van der Waals surface area contributed by atoms with E-state index in [0.717, 1.165) is 4.57 Å². The van der Waals surface area contributed by atoms with Gasteiger partial charge in [-0.25, -0.2) is 4.79 Å². The normalized spacial score (nSPS) is 30.0. The third kappa shape index (κ3) is 2.25. The van der Waals surface area contributed by atoms with Gasteiger partial charge in [-0.3, -0.25) is 4.57 Å². The summed E-state index contributed by atoms with van der Waals surface area (Å²) < 4.78 is 6.48. The highest BCUT2D eigenvalue weighted by Gasteiger charge is 2.53. The van der Waals surface area contributed by atoms with Gasteiger partial charge in [0.05, 0.1) is 0 Å². The number of aliphatic hydroxyl groups excluding tert-OH is 2. The number of nitrogen functional groups attached to an aromatic ring is 1. The lowest BCUT2D eigenvalue weighted by molar-refractivity contribution is -0.127. The largest absolute Gasteiger partial charge is 0.391 e. The molecule has 1 aliphatic rings. The van der Waals surface area contributed by atoms with Gasteiger partial charge in [0.1, 0.15) is 30.3 Å². The van der Waals surface area contributed by atoms with Gasteiger partial charge in [-0.2, -0.15) is 4.98 Å². The SMILES string of the molecule is N=[N+]=N[C@]1(CO)O[C@@H](n2ccc(N)nc2=O)C[C@@H]1O. The highest BCUT2D eigenvalue weighted by Crippen LogP contribution is 2.36. The Bertz CT molecular complexity index is 582. The minimum Gasteiger partial charge on any atom is -0.391 e. The Balaban J connectivity index is 2.35. The van der Waals surface area contributed by atoms with Crippen LogP contribution in [-0.2, 0) is 4.74 Å². The Kier molecular flexibility index (Phi) is 3.40. The van der Waals surface area contributed by atoms with Crippen molar-refractivity contribution in [3.8, 4) is 0 Å². The molecule has 0 radical (unpaired) electrons. The second-order valence-electron chi connectivity index (χ2n) is 4.07. The fraction of sp³-hybridized carbons (Fsp3) is 0.556. The van der Waals surface area contributed by atoms with Crippen molar-refractivity contribution < 1.29 is 14.9 Å². The van der Waals surface area contributed by atoms with E-state index in [1.807, 2.05) is 0 Å². The van der Waals surface area contributed by atoms with Gasteiger partial charge in [0.15, 0.2) is 5.11 Å². The molecule has 19 heavy (non-hydrogen) atoms. The van der Waals surface area contributed by atoms with E-state index in [1.54, 1.807) is 0 Å². The number of nitrogens with one attached hydrogen (secondary N) is 1. The van der Waals surface area contributed by atoms with E-state index in [-0.39, 0.29) is 12.2 Å². The van der Waals surface area contributed by atoms with E-state index in [9.17, 15) is 15.0 Å². The number of hydrogen-bond donors (Lipinski definition) is 4. The third-order valence-corrected chi connectivity index (χ3v) is 2.89. The molecular formula is C9H13N6O4+. The zero-order valence-electron chi connectivity index (χ0n) is 9.80. The lowest BCUT2D eigenvalue weighted by Gasteiger charge is -2.18. The van der Waals surface area contributed by atoms with Crippen molar-refractivity contribution in [2.75, 3.05) is 12.3 Å². The predicted molar refractivity (Wildman–Crippen MR) is 60.8 cm³/mol. The van der Waals surface area contributed by atoms with Crippen molar-refractivity contribution >= 4 is 5.82 Å². The van der Waals surface area contributed by atoms with Gasteiger partial charge in [-0.1, -0.05) is 0 Å². The first-order valence-corrected chi connectivity index (χ1v) is 5.42. The van der Waals surface area contributed by atoms with Gasteiger partial charge in [-0.15, -0.1) is 0 Å². The summed E-state index contributed by atoms with van der Waals surface area (Å²) >= 11 is 0. The zero-order valence-corrected chi connectivity index (χ0v) is 9.80. The lowest BCUT2D eigenvalue weighted by Crippen LogP contribution is -2.41. The molecule has 1 aromatic heterocycles. The molecule has 2 heterocycles. The summed E-state index contributed by atoms with van der Waals surface area (Å²) in [4.78, 5) is 18.0. The minimum absolute atomic E-state index is 0.00504. The van der Waals surface area contributed by atoms with Crippen LogP contribution in [0.3, 0.4) is 0 Å². The molecule has 2 rings (SSSR count).